The van der Waals surface area contributed by atoms with Crippen molar-refractivity contribution in [1.82, 2.24) is 0 Å². The zero-order valence-electron chi connectivity index (χ0n) is 14.7. The number of anilines is 1. The third-order valence-electron chi connectivity index (χ3n) is 4.17. The summed E-state index contributed by atoms with van der Waals surface area (Å²) in [5.74, 6) is -0.389. The molecule has 3 nitrogen and oxygen atoms in total. The third kappa shape index (κ3) is 3.78. The maximum Gasteiger partial charge on any atom is 0.264 e. The Kier molecular flexibility index (Phi) is 5.09. The highest BCUT2D eigenvalue weighted by atomic mass is 32.2. The molecule has 0 atom stereocenters. The van der Waals surface area contributed by atoms with Gasteiger partial charge in [-0.15, -0.1) is 0 Å². The van der Waals surface area contributed by atoms with Crippen LogP contribution in [0.5, 0.6) is 0 Å². The highest BCUT2D eigenvalue weighted by molar-refractivity contribution is 7.92. The number of benzene rings is 3. The summed E-state index contributed by atoms with van der Waals surface area (Å²) < 4.78 is 41.7. The van der Waals surface area contributed by atoms with Crippen LogP contribution in [0, 0.1) is 19.7 Å². The molecule has 26 heavy (non-hydrogen) atoms. The second-order valence-corrected chi connectivity index (χ2v) is 8.08. The zero-order chi connectivity index (χ0) is 18.7. The molecule has 0 fully saturated rings. The smallest absolute Gasteiger partial charge is 0.262 e. The van der Waals surface area contributed by atoms with Gasteiger partial charge in [0.15, 0.2) is 0 Å². The number of halogens is 1. The molecule has 5 heteroatoms. The summed E-state index contributed by atoms with van der Waals surface area (Å²) in [6.07, 6.45) is 0. The number of aryl methyl sites for hydroxylation is 2. The van der Waals surface area contributed by atoms with Crippen LogP contribution < -0.4 is 4.31 Å². The second kappa shape index (κ2) is 7.30. The van der Waals surface area contributed by atoms with Gasteiger partial charge in [0.2, 0.25) is 0 Å². The molecule has 0 radical (unpaired) electrons. The van der Waals surface area contributed by atoms with Crippen molar-refractivity contribution in [3.8, 4) is 0 Å². The lowest BCUT2D eigenvalue weighted by atomic mass is 10.2. The molecule has 3 aromatic rings. The first kappa shape index (κ1) is 18.1. The van der Waals surface area contributed by atoms with Gasteiger partial charge in [-0.1, -0.05) is 42.5 Å². The number of nitrogens with zero attached hydrogens (tertiary/aromatic N) is 1. The van der Waals surface area contributed by atoms with Crippen LogP contribution in [-0.4, -0.2) is 8.42 Å². The number of rotatable bonds is 5. The number of hydrogen-bond acceptors (Lipinski definition) is 2. The lowest BCUT2D eigenvalue weighted by Gasteiger charge is -2.26. The van der Waals surface area contributed by atoms with Gasteiger partial charge < -0.3 is 0 Å². The summed E-state index contributed by atoms with van der Waals surface area (Å²) in [6, 6.07) is 20.2. The normalized spacial score (nSPS) is 11.3. The molecular formula is C21H20FNO2S. The predicted octanol–water partition coefficient (Wildman–Crippen LogP) is 4.84. The summed E-state index contributed by atoms with van der Waals surface area (Å²) in [5, 5.41) is 0. The SMILES string of the molecule is Cc1cccc(N(Cc2cccc(F)c2)S(=O)(=O)c2ccccc2C)c1. The van der Waals surface area contributed by atoms with Gasteiger partial charge in [-0.2, -0.15) is 0 Å². The van der Waals surface area contributed by atoms with Crippen molar-refractivity contribution < 1.29 is 12.8 Å². The van der Waals surface area contributed by atoms with E-state index in [9.17, 15) is 12.8 Å². The largest absolute Gasteiger partial charge is 0.264 e. The topological polar surface area (TPSA) is 37.4 Å². The zero-order valence-corrected chi connectivity index (χ0v) is 15.5. The highest BCUT2D eigenvalue weighted by Crippen LogP contribution is 2.28. The lowest BCUT2D eigenvalue weighted by molar-refractivity contribution is 0.589. The lowest BCUT2D eigenvalue weighted by Crippen LogP contribution is -2.31. The van der Waals surface area contributed by atoms with Gasteiger partial charge in [-0.25, -0.2) is 12.8 Å². The maximum absolute atomic E-state index is 13.6. The second-order valence-electron chi connectivity index (χ2n) is 6.25. The van der Waals surface area contributed by atoms with E-state index >= 15 is 0 Å². The molecule has 0 aromatic heterocycles. The summed E-state index contributed by atoms with van der Waals surface area (Å²) in [7, 11) is -3.80. The van der Waals surface area contributed by atoms with Crippen molar-refractivity contribution in [2.75, 3.05) is 4.31 Å². The molecule has 0 saturated heterocycles. The van der Waals surface area contributed by atoms with Gasteiger partial charge in [-0.05, 0) is 60.9 Å². The van der Waals surface area contributed by atoms with Gasteiger partial charge in [0.25, 0.3) is 10.0 Å². The molecule has 0 aliphatic carbocycles. The minimum Gasteiger partial charge on any atom is -0.262 e. The van der Waals surface area contributed by atoms with Gasteiger partial charge in [-0.3, -0.25) is 4.31 Å². The summed E-state index contributed by atoms with van der Waals surface area (Å²) in [5.41, 5.74) is 2.76. The van der Waals surface area contributed by atoms with Crippen molar-refractivity contribution in [3.05, 3.63) is 95.3 Å². The average Bonchev–Trinajstić information content (AvgIpc) is 2.60. The van der Waals surface area contributed by atoms with Gasteiger partial charge in [0.1, 0.15) is 5.82 Å². The fourth-order valence-electron chi connectivity index (χ4n) is 2.86. The first-order chi connectivity index (χ1) is 12.4. The summed E-state index contributed by atoms with van der Waals surface area (Å²) >= 11 is 0. The molecule has 0 heterocycles. The molecule has 0 N–H and O–H groups in total. The van der Waals surface area contributed by atoms with Crippen LogP contribution in [0.15, 0.2) is 77.7 Å². The van der Waals surface area contributed by atoms with E-state index in [1.165, 1.54) is 16.4 Å². The van der Waals surface area contributed by atoms with Gasteiger partial charge in [0.05, 0.1) is 17.1 Å². The summed E-state index contributed by atoms with van der Waals surface area (Å²) in [4.78, 5) is 0.248. The molecule has 3 aromatic carbocycles. The number of hydrogen-bond donors (Lipinski definition) is 0. The quantitative estimate of drug-likeness (QED) is 0.645. The molecule has 0 saturated carbocycles. The molecule has 0 spiro atoms. The highest BCUT2D eigenvalue weighted by Gasteiger charge is 2.26. The minimum absolute atomic E-state index is 0.0535. The Hall–Kier alpha value is -2.66. The van der Waals surface area contributed by atoms with E-state index in [0.717, 1.165) is 5.56 Å². The van der Waals surface area contributed by atoms with Crippen molar-refractivity contribution in [2.24, 2.45) is 0 Å². The van der Waals surface area contributed by atoms with E-state index < -0.39 is 10.0 Å². The van der Waals surface area contributed by atoms with E-state index in [0.29, 0.717) is 16.8 Å². The molecular weight excluding hydrogens is 349 g/mol. The van der Waals surface area contributed by atoms with Gasteiger partial charge in [0, 0.05) is 0 Å². The fraction of sp³-hybridized carbons (Fsp3) is 0.143. The van der Waals surface area contributed by atoms with Crippen LogP contribution in [0.4, 0.5) is 10.1 Å². The Morgan fingerprint density at radius 3 is 2.31 bits per heavy atom. The summed E-state index contributed by atoms with van der Waals surface area (Å²) in [6.45, 7) is 3.73. The Bertz CT molecular complexity index is 1030. The molecule has 0 amide bonds. The van der Waals surface area contributed by atoms with Crippen LogP contribution in [0.25, 0.3) is 0 Å². The van der Waals surface area contributed by atoms with E-state index in [1.54, 1.807) is 49.4 Å². The van der Waals surface area contributed by atoms with Crippen LogP contribution in [0.1, 0.15) is 16.7 Å². The maximum atomic E-state index is 13.6. The Morgan fingerprint density at radius 2 is 1.62 bits per heavy atom. The standard InChI is InChI=1S/C21H20FNO2S/c1-16-7-5-11-20(13-16)23(15-18-9-6-10-19(22)14-18)26(24,25)21-12-4-3-8-17(21)2/h3-14H,15H2,1-2H3. The minimum atomic E-state index is -3.80. The monoisotopic (exact) mass is 369 g/mol. The molecule has 0 unspecified atom stereocenters. The van der Waals surface area contributed by atoms with Crippen LogP contribution in [0.2, 0.25) is 0 Å². The first-order valence-electron chi connectivity index (χ1n) is 8.27. The van der Waals surface area contributed by atoms with E-state index in [-0.39, 0.29) is 17.3 Å². The van der Waals surface area contributed by atoms with Crippen LogP contribution in [-0.2, 0) is 16.6 Å². The van der Waals surface area contributed by atoms with Crippen LogP contribution in [0.3, 0.4) is 0 Å². The van der Waals surface area contributed by atoms with E-state index in [2.05, 4.69) is 0 Å². The molecule has 134 valence electrons. The van der Waals surface area contributed by atoms with E-state index in [4.69, 9.17) is 0 Å². The van der Waals surface area contributed by atoms with E-state index in [1.807, 2.05) is 25.1 Å². The Balaban J connectivity index is 2.13. The molecule has 0 bridgehead atoms. The van der Waals surface area contributed by atoms with Crippen molar-refractivity contribution in [3.63, 3.8) is 0 Å². The fourth-order valence-corrected chi connectivity index (χ4v) is 4.54. The molecule has 0 aliphatic heterocycles. The molecule has 0 aliphatic rings. The Morgan fingerprint density at radius 1 is 0.885 bits per heavy atom. The number of sulfonamides is 1. The van der Waals surface area contributed by atoms with Crippen molar-refractivity contribution >= 4 is 15.7 Å². The van der Waals surface area contributed by atoms with Crippen molar-refractivity contribution in [1.29, 1.82) is 0 Å². The predicted molar refractivity (Wildman–Crippen MR) is 102 cm³/mol. The van der Waals surface area contributed by atoms with Crippen molar-refractivity contribution in [2.45, 2.75) is 25.3 Å². The Labute approximate surface area is 153 Å². The first-order valence-corrected chi connectivity index (χ1v) is 9.71. The van der Waals surface area contributed by atoms with Gasteiger partial charge >= 0.3 is 0 Å². The third-order valence-corrected chi connectivity index (χ3v) is 6.10. The average molecular weight is 369 g/mol. The van der Waals surface area contributed by atoms with Crippen LogP contribution >= 0.6 is 0 Å². The molecule has 3 rings (SSSR count).